The Kier molecular flexibility index (Phi) is 73.4. The molecule has 0 aliphatic heterocycles. The highest BCUT2D eigenvalue weighted by molar-refractivity contribution is 7.47. The van der Waals surface area contributed by atoms with E-state index in [1.807, 2.05) is 0 Å². The zero-order valence-corrected chi connectivity index (χ0v) is 67.4. The molecular weight excluding hydrogens is 1320 g/mol. The maximum absolute atomic E-state index is 13.3. The van der Waals surface area contributed by atoms with Gasteiger partial charge in [0.25, 0.3) is 0 Å². The van der Waals surface area contributed by atoms with Crippen molar-refractivity contribution in [2.24, 2.45) is 5.73 Å². The van der Waals surface area contributed by atoms with E-state index in [9.17, 15) is 43.2 Å². The summed E-state index contributed by atoms with van der Waals surface area (Å²) in [6.45, 7) is 4.85. The molecule has 0 heterocycles. The van der Waals surface area contributed by atoms with Crippen molar-refractivity contribution in [3.8, 4) is 0 Å². The lowest BCUT2D eigenvalue weighted by Gasteiger charge is -2.22. The molecule has 0 saturated carbocycles. The van der Waals surface area contributed by atoms with Crippen LogP contribution >= 0.6 is 15.6 Å². The van der Waals surface area contributed by atoms with Crippen LogP contribution in [0.2, 0.25) is 0 Å². The molecule has 0 aliphatic rings. The molecule has 0 spiro atoms. The van der Waals surface area contributed by atoms with Crippen LogP contribution in [0.15, 0.2) is 0 Å². The Balaban J connectivity index is 5.34. The number of carbonyl (C=O) groups is 4. The Labute approximate surface area is 618 Å². The molecule has 101 heavy (non-hydrogen) atoms. The number of hydrogen-bond donors (Lipinski definition) is 4. The van der Waals surface area contributed by atoms with Gasteiger partial charge in [-0.05, 0) is 25.7 Å². The summed E-state index contributed by atoms with van der Waals surface area (Å²) in [6, 6.07) is -0.991. The number of rotatable bonds is 82. The van der Waals surface area contributed by atoms with Gasteiger partial charge in [0.15, 0.2) is 12.2 Å². The van der Waals surface area contributed by atoms with Crippen molar-refractivity contribution in [3.05, 3.63) is 0 Å². The quantitative estimate of drug-likeness (QED) is 0.0191. The van der Waals surface area contributed by atoms with Crippen LogP contribution in [-0.2, 0) is 65.4 Å². The summed E-state index contributed by atoms with van der Waals surface area (Å²) < 4.78 is 68.8. The minimum Gasteiger partial charge on any atom is -0.462 e. The maximum atomic E-state index is 13.3. The first-order valence-electron chi connectivity index (χ1n) is 42.5. The number of nitrogens with two attached hydrogens (primary N) is 1. The number of unbranched alkanes of at least 4 members (excludes halogenated alkanes) is 55. The second kappa shape index (κ2) is 74.9. The summed E-state index contributed by atoms with van der Waals surface area (Å²) in [5, 5.41) is 10.7. The van der Waals surface area contributed by atoms with Gasteiger partial charge in [-0.1, -0.05) is 387 Å². The molecule has 20 heteroatoms. The van der Waals surface area contributed by atoms with E-state index in [0.29, 0.717) is 32.1 Å². The first-order chi connectivity index (χ1) is 49.1. The molecular formula is C81H159NO17P2. The summed E-state index contributed by atoms with van der Waals surface area (Å²) in [4.78, 5) is 73.4. The third-order valence-electron chi connectivity index (χ3n) is 19.3. The van der Waals surface area contributed by atoms with Crippen molar-refractivity contribution in [1.29, 1.82) is 0 Å². The van der Waals surface area contributed by atoms with E-state index >= 15 is 0 Å². The maximum Gasteiger partial charge on any atom is 0.472 e. The van der Waals surface area contributed by atoms with E-state index in [2.05, 4.69) is 27.7 Å². The van der Waals surface area contributed by atoms with Crippen molar-refractivity contribution < 1.29 is 80.2 Å². The van der Waals surface area contributed by atoms with Crippen molar-refractivity contribution in [3.63, 3.8) is 0 Å². The smallest absolute Gasteiger partial charge is 0.462 e. The predicted octanol–water partition coefficient (Wildman–Crippen LogP) is 23.5. The van der Waals surface area contributed by atoms with Crippen LogP contribution in [0.1, 0.15) is 432 Å². The first-order valence-corrected chi connectivity index (χ1v) is 45.4. The molecule has 600 valence electrons. The van der Waals surface area contributed by atoms with Gasteiger partial charge < -0.3 is 39.6 Å². The molecule has 0 aromatic heterocycles. The molecule has 0 saturated heterocycles. The molecule has 5 N–H and O–H groups in total. The number of phosphoric acid groups is 2. The zero-order valence-electron chi connectivity index (χ0n) is 65.6. The lowest BCUT2D eigenvalue weighted by atomic mass is 10.0. The van der Waals surface area contributed by atoms with Crippen LogP contribution in [0, 0.1) is 0 Å². The zero-order chi connectivity index (χ0) is 74.1. The fourth-order valence-corrected chi connectivity index (χ4v) is 14.3. The fourth-order valence-electron chi connectivity index (χ4n) is 12.7. The first kappa shape index (κ1) is 99.0. The average Bonchev–Trinajstić information content (AvgIpc) is 0.955. The van der Waals surface area contributed by atoms with Gasteiger partial charge in [-0.15, -0.1) is 0 Å². The number of hydrogen-bond acceptors (Lipinski definition) is 16. The summed E-state index contributed by atoms with van der Waals surface area (Å²) in [7, 11) is -9.98. The van der Waals surface area contributed by atoms with E-state index < -0.39 is 104 Å². The summed E-state index contributed by atoms with van der Waals surface area (Å²) in [5.41, 5.74) is 6.27. The van der Waals surface area contributed by atoms with Gasteiger partial charge in [0.05, 0.1) is 26.4 Å². The molecule has 0 radical (unpaired) electrons. The molecule has 0 aromatic rings. The fraction of sp³-hybridized carbons (Fsp3) is 0.951. The molecule has 0 amide bonds. The summed E-state index contributed by atoms with van der Waals surface area (Å²) in [6.07, 6.45) is 66.5. The van der Waals surface area contributed by atoms with Gasteiger partial charge >= 0.3 is 39.5 Å². The molecule has 0 aliphatic carbocycles. The average molecular weight is 1480 g/mol. The van der Waals surface area contributed by atoms with Crippen molar-refractivity contribution in [2.75, 3.05) is 39.6 Å². The summed E-state index contributed by atoms with van der Waals surface area (Å²) in [5.74, 6) is -2.36. The third kappa shape index (κ3) is 73.3. The minimum absolute atomic E-state index is 0.104. The number of phosphoric ester groups is 2. The van der Waals surface area contributed by atoms with E-state index in [0.717, 1.165) is 83.5 Å². The van der Waals surface area contributed by atoms with Gasteiger partial charge in [0.1, 0.15) is 25.4 Å². The minimum atomic E-state index is -5.01. The molecule has 0 fully saturated rings. The van der Waals surface area contributed by atoms with Crippen molar-refractivity contribution >= 4 is 39.5 Å². The van der Waals surface area contributed by atoms with Crippen LogP contribution in [0.3, 0.4) is 0 Å². The molecule has 0 aromatic carbocycles. The Morgan fingerprint density at radius 1 is 0.287 bits per heavy atom. The number of carbonyl (C=O) groups excluding carboxylic acids is 4. The number of aliphatic hydroxyl groups excluding tert-OH is 1. The monoisotopic (exact) mass is 1480 g/mol. The standard InChI is InChI=1S/C81H159NO17P2/c1-5-9-13-17-21-25-29-33-37-41-45-49-53-57-61-65-78(84)92-70-75(98-80(86)67-63-59-55-51-47-43-39-35-31-27-23-19-15-11-7-3)72-96-100(88,89)94-68-74(83)69-95-101(90,91)97-73-76(71-93-79(85)66-62-58-54-50-46-42-38-34-30-26-22-18-14-10-6-2)99-81(87)77(82)64-60-56-52-48-44-40-36-32-28-24-20-16-12-8-4/h74-77,83H,5-73,82H2,1-4H3,(H,88,89)(H,90,91)/t74-,75-,76-,77?/m1/s1. The van der Waals surface area contributed by atoms with Crippen LogP contribution in [-0.4, -0.2) is 103 Å². The largest absolute Gasteiger partial charge is 0.472 e. The van der Waals surface area contributed by atoms with Gasteiger partial charge in [0.2, 0.25) is 0 Å². The normalized spacial score (nSPS) is 14.1. The van der Waals surface area contributed by atoms with Gasteiger partial charge in [-0.25, -0.2) is 9.13 Å². The summed E-state index contributed by atoms with van der Waals surface area (Å²) >= 11 is 0. The van der Waals surface area contributed by atoms with E-state index in [1.165, 1.54) is 270 Å². The van der Waals surface area contributed by atoms with Gasteiger partial charge in [-0.2, -0.15) is 0 Å². The highest BCUT2D eigenvalue weighted by Crippen LogP contribution is 2.45. The van der Waals surface area contributed by atoms with Crippen LogP contribution in [0.5, 0.6) is 0 Å². The highest BCUT2D eigenvalue weighted by atomic mass is 31.2. The molecule has 18 nitrogen and oxygen atoms in total. The van der Waals surface area contributed by atoms with Gasteiger partial charge in [-0.3, -0.25) is 37.3 Å². The number of esters is 4. The Morgan fingerprint density at radius 3 is 0.752 bits per heavy atom. The number of ether oxygens (including phenoxy) is 4. The highest BCUT2D eigenvalue weighted by Gasteiger charge is 2.31. The Bertz CT molecular complexity index is 1940. The van der Waals surface area contributed by atoms with Crippen LogP contribution < -0.4 is 5.73 Å². The van der Waals surface area contributed by atoms with Crippen LogP contribution in [0.4, 0.5) is 0 Å². The van der Waals surface area contributed by atoms with Gasteiger partial charge in [0, 0.05) is 19.3 Å². The second-order valence-electron chi connectivity index (χ2n) is 29.4. The SMILES string of the molecule is CCCCCCCCCCCCCCCCCC(=O)OC[C@H](COP(=O)(O)OC[C@@H](O)COP(=O)(O)OC[C@@H](COC(=O)CCCCCCCCCCCCCCCCC)OC(=O)C(N)CCCCCCCCCCCCCCCC)OC(=O)CCCCCCCCCCCCCCCCC. The van der Waals surface area contributed by atoms with Crippen molar-refractivity contribution in [1.82, 2.24) is 0 Å². The van der Waals surface area contributed by atoms with E-state index in [4.69, 9.17) is 42.8 Å². The van der Waals surface area contributed by atoms with Crippen molar-refractivity contribution in [2.45, 2.75) is 457 Å². The Hall–Kier alpha value is -1.98. The van der Waals surface area contributed by atoms with E-state index in [-0.39, 0.29) is 19.3 Å². The molecule has 0 rings (SSSR count). The molecule has 0 bridgehead atoms. The second-order valence-corrected chi connectivity index (χ2v) is 32.3. The number of aliphatic hydroxyl groups is 1. The molecule has 3 unspecified atom stereocenters. The predicted molar refractivity (Wildman–Crippen MR) is 413 cm³/mol. The van der Waals surface area contributed by atoms with Crippen LogP contribution in [0.25, 0.3) is 0 Å². The molecule has 6 atom stereocenters. The topological polar surface area (TPSA) is 263 Å². The third-order valence-corrected chi connectivity index (χ3v) is 21.2. The lowest BCUT2D eigenvalue weighted by Crippen LogP contribution is -2.38. The Morgan fingerprint density at radius 2 is 0.495 bits per heavy atom. The van der Waals surface area contributed by atoms with E-state index in [1.54, 1.807) is 0 Å². The lowest BCUT2D eigenvalue weighted by molar-refractivity contribution is -0.162.